The van der Waals surface area contributed by atoms with E-state index in [4.69, 9.17) is 4.74 Å². The van der Waals surface area contributed by atoms with Crippen molar-refractivity contribution in [3.8, 4) is 11.7 Å². The summed E-state index contributed by atoms with van der Waals surface area (Å²) in [4.78, 5) is 21.4. The maximum atomic E-state index is 13.1. The van der Waals surface area contributed by atoms with Crippen LogP contribution in [0.3, 0.4) is 0 Å². The molecule has 0 saturated heterocycles. The molecule has 0 unspecified atom stereocenters. The van der Waals surface area contributed by atoms with E-state index in [0.29, 0.717) is 11.8 Å². The van der Waals surface area contributed by atoms with Crippen molar-refractivity contribution in [3.05, 3.63) is 54.0 Å². The Morgan fingerprint density at radius 3 is 2.34 bits per heavy atom. The van der Waals surface area contributed by atoms with Crippen LogP contribution < -0.4 is 10.1 Å². The van der Waals surface area contributed by atoms with Gasteiger partial charge in [-0.25, -0.2) is 22.7 Å². The Morgan fingerprint density at radius 1 is 1.12 bits per heavy atom. The highest BCUT2D eigenvalue weighted by atomic mass is 32.2. The van der Waals surface area contributed by atoms with Crippen LogP contribution in [0.4, 0.5) is 5.82 Å². The molecule has 0 fully saturated rings. The van der Waals surface area contributed by atoms with Crippen molar-refractivity contribution in [2.45, 2.75) is 31.1 Å². The van der Waals surface area contributed by atoms with Gasteiger partial charge in [-0.15, -0.1) is 0 Å². The molecule has 3 aromatic rings. The molecule has 0 aliphatic rings. The van der Waals surface area contributed by atoms with Gasteiger partial charge in [-0.3, -0.25) is 4.79 Å². The highest BCUT2D eigenvalue weighted by Crippen LogP contribution is 2.28. The minimum atomic E-state index is -3.82. The van der Waals surface area contributed by atoms with Crippen molar-refractivity contribution in [2.75, 3.05) is 26.5 Å². The quantitative estimate of drug-likeness (QED) is 0.603. The van der Waals surface area contributed by atoms with E-state index in [-0.39, 0.29) is 21.6 Å². The monoisotopic (exact) mass is 458 g/mol. The molecule has 0 aliphatic heterocycles. The average molecular weight is 459 g/mol. The number of anilines is 1. The Balaban J connectivity index is 2.03. The summed E-state index contributed by atoms with van der Waals surface area (Å²) in [6.45, 7) is 6.00. The molecule has 0 saturated carbocycles. The molecule has 3 rings (SSSR count). The maximum absolute atomic E-state index is 13.1. The fourth-order valence-corrected chi connectivity index (χ4v) is 3.87. The van der Waals surface area contributed by atoms with Crippen LogP contribution >= 0.6 is 0 Å². The first-order chi connectivity index (χ1) is 14.9. The van der Waals surface area contributed by atoms with Crippen molar-refractivity contribution in [3.63, 3.8) is 0 Å². The molecular weight excluding hydrogens is 432 g/mol. The van der Waals surface area contributed by atoms with Gasteiger partial charge in [0.05, 0.1) is 12.8 Å². The van der Waals surface area contributed by atoms with Gasteiger partial charge in [0.1, 0.15) is 16.5 Å². The number of carbonyl (C=O) groups excluding carboxylic acids is 1. The Bertz CT molecular complexity index is 1230. The molecule has 0 aliphatic carbocycles. The third-order valence-corrected chi connectivity index (χ3v) is 6.48. The molecule has 32 heavy (non-hydrogen) atoms. The SMILES string of the molecule is COc1ccc(C(=O)Nc2cc(C(C)(C)C)nn2-c2ncccn2)cc1S(=O)(=O)N(C)C. The Hall–Kier alpha value is -3.31. The van der Waals surface area contributed by atoms with Gasteiger partial charge >= 0.3 is 0 Å². The van der Waals surface area contributed by atoms with E-state index in [0.717, 1.165) is 10.00 Å². The number of methoxy groups -OCH3 is 1. The summed E-state index contributed by atoms with van der Waals surface area (Å²) in [6, 6.07) is 7.65. The fraction of sp³-hybridized carbons (Fsp3) is 0.333. The molecule has 0 radical (unpaired) electrons. The van der Waals surface area contributed by atoms with E-state index >= 15 is 0 Å². The molecule has 0 atom stereocenters. The number of carbonyl (C=O) groups is 1. The summed E-state index contributed by atoms with van der Waals surface area (Å²) in [6.07, 6.45) is 3.16. The van der Waals surface area contributed by atoms with Gasteiger partial charge in [0, 0.05) is 43.5 Å². The number of benzene rings is 1. The molecule has 1 amide bonds. The summed E-state index contributed by atoms with van der Waals surface area (Å²) < 4.78 is 33.1. The summed E-state index contributed by atoms with van der Waals surface area (Å²) in [7, 11) is 0.368. The van der Waals surface area contributed by atoms with Crippen LogP contribution in [-0.2, 0) is 15.4 Å². The second-order valence-corrected chi connectivity index (χ2v) is 10.4. The fourth-order valence-electron chi connectivity index (χ4n) is 2.79. The first kappa shape index (κ1) is 23.4. The normalized spacial score (nSPS) is 12.1. The molecule has 2 aromatic heterocycles. The topological polar surface area (TPSA) is 119 Å². The Morgan fingerprint density at radius 2 is 1.78 bits per heavy atom. The van der Waals surface area contributed by atoms with Crippen LogP contribution in [0.2, 0.25) is 0 Å². The second-order valence-electron chi connectivity index (χ2n) is 8.23. The summed E-state index contributed by atoms with van der Waals surface area (Å²) in [5.41, 5.74) is 0.586. The van der Waals surface area contributed by atoms with Crippen LogP contribution in [0, 0.1) is 0 Å². The predicted octanol–water partition coefficient (Wildman–Crippen LogP) is 2.47. The van der Waals surface area contributed by atoms with Crippen molar-refractivity contribution < 1.29 is 17.9 Å². The molecule has 0 spiro atoms. The average Bonchev–Trinajstić information content (AvgIpc) is 3.18. The number of ether oxygens (including phenoxy) is 1. The van der Waals surface area contributed by atoms with Crippen LogP contribution in [0.25, 0.3) is 5.95 Å². The van der Waals surface area contributed by atoms with Gasteiger partial charge in [-0.05, 0) is 24.3 Å². The van der Waals surface area contributed by atoms with Gasteiger partial charge in [0.2, 0.25) is 10.0 Å². The minimum Gasteiger partial charge on any atom is -0.495 e. The highest BCUT2D eigenvalue weighted by molar-refractivity contribution is 7.89. The first-order valence-electron chi connectivity index (χ1n) is 9.75. The number of nitrogens with zero attached hydrogens (tertiary/aromatic N) is 5. The number of nitrogens with one attached hydrogen (secondary N) is 1. The number of rotatable bonds is 6. The van der Waals surface area contributed by atoms with E-state index in [2.05, 4.69) is 20.4 Å². The van der Waals surface area contributed by atoms with E-state index in [1.165, 1.54) is 44.1 Å². The minimum absolute atomic E-state index is 0.104. The first-order valence-corrected chi connectivity index (χ1v) is 11.2. The lowest BCUT2D eigenvalue weighted by Crippen LogP contribution is -2.23. The zero-order chi connectivity index (χ0) is 23.7. The summed E-state index contributed by atoms with van der Waals surface area (Å²) in [5, 5.41) is 7.36. The number of hydrogen-bond acceptors (Lipinski definition) is 7. The number of amides is 1. The van der Waals surface area contributed by atoms with Gasteiger partial charge in [0.25, 0.3) is 11.9 Å². The third-order valence-electron chi connectivity index (χ3n) is 4.65. The third kappa shape index (κ3) is 4.63. The zero-order valence-electron chi connectivity index (χ0n) is 18.8. The summed E-state index contributed by atoms with van der Waals surface area (Å²) >= 11 is 0. The van der Waals surface area contributed by atoms with Crippen LogP contribution in [0.5, 0.6) is 5.75 Å². The molecule has 1 aromatic carbocycles. The van der Waals surface area contributed by atoms with Crippen LogP contribution in [0.1, 0.15) is 36.8 Å². The van der Waals surface area contributed by atoms with E-state index in [1.54, 1.807) is 24.5 Å². The van der Waals surface area contributed by atoms with Crippen molar-refractivity contribution in [2.24, 2.45) is 0 Å². The van der Waals surface area contributed by atoms with E-state index < -0.39 is 15.9 Å². The second kappa shape index (κ2) is 8.67. The zero-order valence-corrected chi connectivity index (χ0v) is 19.6. The Labute approximate surface area is 187 Å². The van der Waals surface area contributed by atoms with Crippen molar-refractivity contribution in [1.82, 2.24) is 24.1 Å². The van der Waals surface area contributed by atoms with E-state index in [1.807, 2.05) is 20.8 Å². The molecular formula is C21H26N6O4S. The Kier molecular flexibility index (Phi) is 6.33. The van der Waals surface area contributed by atoms with Gasteiger partial charge in [-0.1, -0.05) is 20.8 Å². The maximum Gasteiger partial charge on any atom is 0.256 e. The molecule has 1 N–H and O–H groups in total. The molecule has 10 nitrogen and oxygen atoms in total. The van der Waals surface area contributed by atoms with E-state index in [9.17, 15) is 13.2 Å². The molecule has 11 heteroatoms. The molecule has 170 valence electrons. The van der Waals surface area contributed by atoms with Crippen molar-refractivity contribution in [1.29, 1.82) is 0 Å². The van der Waals surface area contributed by atoms with Crippen LogP contribution in [0.15, 0.2) is 47.6 Å². The van der Waals surface area contributed by atoms with Crippen LogP contribution in [-0.4, -0.2) is 59.6 Å². The number of aromatic nitrogens is 4. The lowest BCUT2D eigenvalue weighted by atomic mass is 9.92. The highest BCUT2D eigenvalue weighted by Gasteiger charge is 2.26. The van der Waals surface area contributed by atoms with Crippen molar-refractivity contribution >= 4 is 21.7 Å². The molecule has 2 heterocycles. The molecule has 0 bridgehead atoms. The largest absolute Gasteiger partial charge is 0.495 e. The van der Waals surface area contributed by atoms with Gasteiger partial charge in [0.15, 0.2) is 0 Å². The number of hydrogen-bond donors (Lipinski definition) is 1. The smallest absolute Gasteiger partial charge is 0.256 e. The van der Waals surface area contributed by atoms with Gasteiger partial charge < -0.3 is 10.1 Å². The predicted molar refractivity (Wildman–Crippen MR) is 120 cm³/mol. The standard InChI is InChI=1S/C21H26N6O4S/c1-21(2,3)17-13-18(27(25-17)20-22-10-7-11-23-20)24-19(28)14-8-9-15(31-6)16(12-14)32(29,30)26(4)5/h7-13H,1-6H3,(H,24,28). The van der Waals surface area contributed by atoms with Gasteiger partial charge in [-0.2, -0.15) is 9.78 Å². The summed E-state index contributed by atoms with van der Waals surface area (Å²) in [5.74, 6) is 0.288. The lowest BCUT2D eigenvalue weighted by molar-refractivity contribution is 0.102. The lowest BCUT2D eigenvalue weighted by Gasteiger charge is -2.15. The number of sulfonamides is 1.